The number of carbonyl (C=O) groups is 1. The Labute approximate surface area is 113 Å². The molecule has 6 rings (SSSR count). The topological polar surface area (TPSA) is 32.3 Å². The van der Waals surface area contributed by atoms with Gasteiger partial charge in [-0.3, -0.25) is 4.79 Å². The summed E-state index contributed by atoms with van der Waals surface area (Å²) in [6, 6.07) is 10.0. The summed E-state index contributed by atoms with van der Waals surface area (Å²) in [5, 5.41) is 3.60. The summed E-state index contributed by atoms with van der Waals surface area (Å²) in [7, 11) is 0. The maximum absolute atomic E-state index is 11.3. The minimum atomic E-state index is 0.410. The van der Waals surface area contributed by atoms with Gasteiger partial charge in [0.15, 0.2) is 0 Å². The van der Waals surface area contributed by atoms with Crippen LogP contribution in [0.1, 0.15) is 18.4 Å². The van der Waals surface area contributed by atoms with Crippen LogP contribution < -0.4 is 10.2 Å². The first kappa shape index (κ1) is 10.4. The van der Waals surface area contributed by atoms with Gasteiger partial charge >= 0.3 is 0 Å². The molecule has 5 aliphatic rings. The zero-order valence-corrected chi connectivity index (χ0v) is 10.9. The van der Waals surface area contributed by atoms with Gasteiger partial charge in [-0.05, 0) is 29.5 Å². The lowest BCUT2D eigenvalue weighted by atomic mass is 9.88. The molecule has 1 N–H and O–H groups in total. The van der Waals surface area contributed by atoms with Crippen LogP contribution in [-0.4, -0.2) is 31.5 Å². The third kappa shape index (κ3) is 1.20. The molecule has 2 saturated carbocycles. The monoisotopic (exact) mass is 254 g/mol. The molecule has 3 heterocycles. The van der Waals surface area contributed by atoms with Gasteiger partial charge in [-0.1, -0.05) is 12.1 Å². The van der Waals surface area contributed by atoms with E-state index in [4.69, 9.17) is 0 Å². The second-order valence-electron chi connectivity index (χ2n) is 6.57. The van der Waals surface area contributed by atoms with E-state index in [2.05, 4.69) is 34.5 Å². The lowest BCUT2D eigenvalue weighted by Gasteiger charge is -2.28. The molecule has 98 valence electrons. The molecule has 1 aromatic rings. The Bertz CT molecular complexity index is 545. The summed E-state index contributed by atoms with van der Waals surface area (Å²) in [5.41, 5.74) is 3.33. The Morgan fingerprint density at radius 1 is 1.11 bits per heavy atom. The van der Waals surface area contributed by atoms with Crippen molar-refractivity contribution < 1.29 is 4.79 Å². The Kier molecular flexibility index (Phi) is 1.76. The zero-order valence-electron chi connectivity index (χ0n) is 10.9. The van der Waals surface area contributed by atoms with Gasteiger partial charge in [0.1, 0.15) is 5.78 Å². The molecule has 0 spiro atoms. The number of anilines is 1. The Morgan fingerprint density at radius 3 is 2.37 bits per heavy atom. The van der Waals surface area contributed by atoms with Crippen LogP contribution in [0.15, 0.2) is 24.3 Å². The molecular weight excluding hydrogens is 236 g/mol. The van der Waals surface area contributed by atoms with Gasteiger partial charge in [-0.25, -0.2) is 0 Å². The van der Waals surface area contributed by atoms with Crippen molar-refractivity contribution in [3.63, 3.8) is 0 Å². The van der Waals surface area contributed by atoms with Gasteiger partial charge in [0, 0.05) is 49.6 Å². The van der Waals surface area contributed by atoms with Gasteiger partial charge in [0.2, 0.25) is 0 Å². The molecule has 2 atom stereocenters. The highest BCUT2D eigenvalue weighted by atomic mass is 16.1. The van der Waals surface area contributed by atoms with Crippen LogP contribution in [0.2, 0.25) is 0 Å². The summed E-state index contributed by atoms with van der Waals surface area (Å²) < 4.78 is 0. The first-order valence-electron chi connectivity index (χ1n) is 7.41. The lowest BCUT2D eigenvalue weighted by molar-refractivity contribution is -0.119. The van der Waals surface area contributed by atoms with E-state index in [1.807, 2.05) is 0 Å². The molecule has 2 aliphatic carbocycles. The van der Waals surface area contributed by atoms with Crippen molar-refractivity contribution in [2.45, 2.75) is 24.3 Å². The van der Waals surface area contributed by atoms with E-state index < -0.39 is 0 Å². The van der Waals surface area contributed by atoms with Crippen molar-refractivity contribution >= 4 is 11.5 Å². The Hall–Kier alpha value is -1.35. The van der Waals surface area contributed by atoms with E-state index in [0.29, 0.717) is 24.0 Å². The largest absolute Gasteiger partial charge is 0.371 e. The highest BCUT2D eigenvalue weighted by Crippen LogP contribution is 2.80. The molecule has 1 aromatic carbocycles. The maximum Gasteiger partial charge on any atom is 0.136 e. The standard InChI is InChI=1S/C16H18N2O/c19-12-5-7-18(8-6-12)11-3-1-10(2-4-11)16-9-17-15-13(16)14(15)16/h1-4,13-15,17H,5-9H2. The number of carbonyl (C=O) groups excluding carboxylic acids is 1. The van der Waals surface area contributed by atoms with Gasteiger partial charge < -0.3 is 10.2 Å². The quantitative estimate of drug-likeness (QED) is 0.864. The Morgan fingerprint density at radius 2 is 1.79 bits per heavy atom. The number of nitrogens with zero attached hydrogens (tertiary/aromatic N) is 1. The first-order chi connectivity index (χ1) is 9.30. The van der Waals surface area contributed by atoms with E-state index in [1.165, 1.54) is 17.8 Å². The van der Waals surface area contributed by atoms with E-state index >= 15 is 0 Å². The normalized spacial score (nSPS) is 42.2. The third-order valence-electron chi connectivity index (χ3n) is 5.82. The summed E-state index contributed by atoms with van der Waals surface area (Å²) in [6.45, 7) is 2.96. The van der Waals surface area contributed by atoms with Crippen LogP contribution in [0, 0.1) is 11.8 Å². The fourth-order valence-electron chi connectivity index (χ4n) is 4.59. The summed E-state index contributed by atoms with van der Waals surface area (Å²) in [5.74, 6) is 2.31. The SMILES string of the molecule is O=C1CCN(c2ccc(C34CNC5C3C54)cc2)CC1. The van der Waals surface area contributed by atoms with Crippen molar-refractivity contribution in [2.75, 3.05) is 24.5 Å². The molecule has 3 nitrogen and oxygen atoms in total. The van der Waals surface area contributed by atoms with Gasteiger partial charge in [0.25, 0.3) is 0 Å². The molecular formula is C16H18N2O. The predicted molar refractivity (Wildman–Crippen MR) is 73.3 cm³/mol. The third-order valence-corrected chi connectivity index (χ3v) is 5.82. The molecule has 19 heavy (non-hydrogen) atoms. The number of fused-ring (bicyclic) bond motifs is 1. The molecule has 0 radical (unpaired) electrons. The van der Waals surface area contributed by atoms with Crippen molar-refractivity contribution in [1.82, 2.24) is 5.32 Å². The van der Waals surface area contributed by atoms with Crippen LogP contribution in [0.4, 0.5) is 5.69 Å². The highest BCUT2D eigenvalue weighted by Gasteiger charge is 2.87. The number of benzene rings is 1. The lowest BCUT2D eigenvalue weighted by Crippen LogP contribution is -2.33. The second-order valence-corrected chi connectivity index (χ2v) is 6.57. The van der Waals surface area contributed by atoms with Crippen molar-refractivity contribution in [2.24, 2.45) is 11.8 Å². The van der Waals surface area contributed by atoms with Crippen LogP contribution in [-0.2, 0) is 10.2 Å². The van der Waals surface area contributed by atoms with Gasteiger partial charge in [0.05, 0.1) is 0 Å². The fourth-order valence-corrected chi connectivity index (χ4v) is 4.59. The van der Waals surface area contributed by atoms with Crippen molar-refractivity contribution in [3.8, 4) is 0 Å². The number of hydrogen-bond donors (Lipinski definition) is 1. The van der Waals surface area contributed by atoms with Crippen LogP contribution in [0.25, 0.3) is 0 Å². The van der Waals surface area contributed by atoms with E-state index in [9.17, 15) is 4.79 Å². The van der Waals surface area contributed by atoms with Crippen molar-refractivity contribution in [3.05, 3.63) is 29.8 Å². The smallest absolute Gasteiger partial charge is 0.136 e. The molecule has 0 amide bonds. The summed E-state index contributed by atoms with van der Waals surface area (Å²) in [6.07, 6.45) is 1.42. The van der Waals surface area contributed by atoms with Crippen molar-refractivity contribution in [1.29, 1.82) is 0 Å². The molecule has 3 aliphatic heterocycles. The molecule has 3 heteroatoms. The predicted octanol–water partition coefficient (Wildman–Crippen LogP) is 1.33. The molecule has 2 unspecified atom stereocenters. The number of nitrogens with one attached hydrogen (secondary N) is 1. The van der Waals surface area contributed by atoms with E-state index in [-0.39, 0.29) is 0 Å². The minimum Gasteiger partial charge on any atom is -0.371 e. The first-order valence-corrected chi connectivity index (χ1v) is 7.41. The number of rotatable bonds is 2. The van der Waals surface area contributed by atoms with Gasteiger partial charge in [-0.2, -0.15) is 0 Å². The number of piperidine rings is 2. The average Bonchev–Trinajstić information content (AvgIpc) is 3.24. The number of Topliss-reactive ketones (excluding diaryl/α,β-unsaturated/α-hetero) is 1. The number of hydrogen-bond acceptors (Lipinski definition) is 3. The fraction of sp³-hybridized carbons (Fsp3) is 0.562. The average molecular weight is 254 g/mol. The Balaban J connectivity index is 1.37. The molecule has 5 fully saturated rings. The second kappa shape index (κ2) is 3.21. The minimum absolute atomic E-state index is 0.410. The molecule has 2 bridgehead atoms. The summed E-state index contributed by atoms with van der Waals surface area (Å²) in [4.78, 5) is 13.6. The van der Waals surface area contributed by atoms with E-state index in [1.54, 1.807) is 0 Å². The van der Waals surface area contributed by atoms with Crippen LogP contribution in [0.3, 0.4) is 0 Å². The van der Waals surface area contributed by atoms with Gasteiger partial charge in [-0.15, -0.1) is 0 Å². The maximum atomic E-state index is 11.3. The number of ketones is 1. The molecule has 3 saturated heterocycles. The zero-order chi connectivity index (χ0) is 12.6. The molecule has 0 aromatic heterocycles. The van der Waals surface area contributed by atoms with Crippen LogP contribution in [0.5, 0.6) is 0 Å². The summed E-state index contributed by atoms with van der Waals surface area (Å²) >= 11 is 0. The highest BCUT2D eigenvalue weighted by molar-refractivity contribution is 5.81. The van der Waals surface area contributed by atoms with Crippen LogP contribution >= 0.6 is 0 Å². The van der Waals surface area contributed by atoms with E-state index in [0.717, 1.165) is 31.0 Å².